The molecule has 3 heteroatoms. The number of fused-ring (bicyclic) bond motifs is 1. The van der Waals surface area contributed by atoms with Crippen molar-refractivity contribution in [3.05, 3.63) is 24.3 Å². The Morgan fingerprint density at radius 2 is 2.11 bits per heavy atom. The largest absolute Gasteiger partial charge is 0.491 e. The van der Waals surface area contributed by atoms with E-state index in [0.717, 1.165) is 45.0 Å². The lowest BCUT2D eigenvalue weighted by Crippen LogP contribution is -2.41. The van der Waals surface area contributed by atoms with Crippen LogP contribution in [0.2, 0.25) is 0 Å². The van der Waals surface area contributed by atoms with E-state index in [1.54, 1.807) is 0 Å². The zero-order valence-electron chi connectivity index (χ0n) is 12.4. The van der Waals surface area contributed by atoms with Gasteiger partial charge in [-0.25, -0.2) is 0 Å². The molecule has 0 aliphatic carbocycles. The van der Waals surface area contributed by atoms with Crippen molar-refractivity contribution in [3.63, 3.8) is 0 Å². The van der Waals surface area contributed by atoms with Crippen LogP contribution in [0.5, 0.6) is 5.75 Å². The number of benzene rings is 1. The minimum absolute atomic E-state index is 0.257. The van der Waals surface area contributed by atoms with Gasteiger partial charge in [-0.1, -0.05) is 32.9 Å². The molecule has 0 amide bonds. The highest BCUT2D eigenvalue weighted by Crippen LogP contribution is 2.32. The number of ether oxygens (including phenoxy) is 1. The van der Waals surface area contributed by atoms with Gasteiger partial charge in [0.2, 0.25) is 0 Å². The summed E-state index contributed by atoms with van der Waals surface area (Å²) < 4.78 is 5.82. The molecule has 1 N–H and O–H groups in total. The zero-order chi connectivity index (χ0) is 13.7. The van der Waals surface area contributed by atoms with Crippen molar-refractivity contribution in [2.45, 2.75) is 27.2 Å². The summed E-state index contributed by atoms with van der Waals surface area (Å²) >= 11 is 0. The number of rotatable bonds is 5. The smallest absolute Gasteiger partial charge is 0.142 e. The Morgan fingerprint density at radius 1 is 1.32 bits per heavy atom. The molecule has 1 heterocycles. The number of anilines is 1. The Bertz CT molecular complexity index is 403. The summed E-state index contributed by atoms with van der Waals surface area (Å²) in [4.78, 5) is 2.47. The number of nitrogens with one attached hydrogen (secondary N) is 1. The monoisotopic (exact) mass is 262 g/mol. The Hall–Kier alpha value is -1.22. The molecule has 0 unspecified atom stereocenters. The highest BCUT2D eigenvalue weighted by atomic mass is 16.5. The summed E-state index contributed by atoms with van der Waals surface area (Å²) in [5.74, 6) is 1.03. The highest BCUT2D eigenvalue weighted by molar-refractivity contribution is 5.59. The Kier molecular flexibility index (Phi) is 4.70. The molecular weight excluding hydrogens is 236 g/mol. The van der Waals surface area contributed by atoms with Crippen LogP contribution >= 0.6 is 0 Å². The molecule has 0 bridgehead atoms. The van der Waals surface area contributed by atoms with E-state index in [2.05, 4.69) is 49.2 Å². The number of hydrogen-bond acceptors (Lipinski definition) is 3. The van der Waals surface area contributed by atoms with Crippen molar-refractivity contribution in [2.24, 2.45) is 5.41 Å². The van der Waals surface area contributed by atoms with Crippen molar-refractivity contribution in [2.75, 3.05) is 37.7 Å². The molecular formula is C16H26N2O. The molecule has 0 spiro atoms. The molecule has 1 aromatic rings. The average molecular weight is 262 g/mol. The normalized spacial score (nSPS) is 15.6. The maximum absolute atomic E-state index is 5.82. The van der Waals surface area contributed by atoms with Crippen molar-refractivity contribution < 1.29 is 4.74 Å². The van der Waals surface area contributed by atoms with Gasteiger partial charge in [-0.2, -0.15) is 0 Å². The van der Waals surface area contributed by atoms with Gasteiger partial charge in [-0.05, 0) is 30.5 Å². The molecule has 1 aromatic carbocycles. The van der Waals surface area contributed by atoms with Crippen LogP contribution in [0.1, 0.15) is 27.2 Å². The van der Waals surface area contributed by atoms with Crippen LogP contribution in [0.25, 0.3) is 0 Å². The second-order valence-corrected chi connectivity index (χ2v) is 6.04. The molecule has 0 aromatic heterocycles. The van der Waals surface area contributed by atoms with Crippen LogP contribution in [0.3, 0.4) is 0 Å². The lowest BCUT2D eigenvalue weighted by Gasteiger charge is -2.34. The fraction of sp³-hybridized carbons (Fsp3) is 0.625. The molecule has 0 saturated heterocycles. The third kappa shape index (κ3) is 3.87. The van der Waals surface area contributed by atoms with Crippen LogP contribution in [0.4, 0.5) is 5.69 Å². The summed E-state index contributed by atoms with van der Waals surface area (Å²) in [5.41, 5.74) is 1.50. The molecule has 3 nitrogen and oxygen atoms in total. The fourth-order valence-corrected chi connectivity index (χ4v) is 2.60. The topological polar surface area (TPSA) is 24.5 Å². The van der Waals surface area contributed by atoms with Gasteiger partial charge < -0.3 is 15.0 Å². The van der Waals surface area contributed by atoms with Gasteiger partial charge in [0.25, 0.3) is 0 Å². The predicted molar refractivity (Wildman–Crippen MR) is 81.1 cm³/mol. The second-order valence-electron chi connectivity index (χ2n) is 6.04. The van der Waals surface area contributed by atoms with Crippen molar-refractivity contribution in [3.8, 4) is 5.75 Å². The molecule has 0 fully saturated rings. The number of hydrogen-bond donors (Lipinski definition) is 1. The first-order valence-electron chi connectivity index (χ1n) is 7.30. The fourth-order valence-electron chi connectivity index (χ4n) is 2.60. The average Bonchev–Trinajstić information content (AvgIpc) is 2.59. The van der Waals surface area contributed by atoms with Crippen LogP contribution in [0.15, 0.2) is 24.3 Å². The Balaban J connectivity index is 2.11. The van der Waals surface area contributed by atoms with E-state index < -0.39 is 0 Å². The van der Waals surface area contributed by atoms with Gasteiger partial charge >= 0.3 is 0 Å². The van der Waals surface area contributed by atoms with E-state index in [9.17, 15) is 0 Å². The minimum Gasteiger partial charge on any atom is -0.491 e. The Morgan fingerprint density at radius 3 is 2.89 bits per heavy atom. The van der Waals surface area contributed by atoms with Gasteiger partial charge in [0.15, 0.2) is 0 Å². The first-order valence-corrected chi connectivity index (χ1v) is 7.30. The molecule has 106 valence electrons. The van der Waals surface area contributed by atoms with E-state index in [1.807, 2.05) is 6.07 Å². The molecule has 1 aliphatic rings. The van der Waals surface area contributed by atoms with E-state index in [1.165, 1.54) is 5.69 Å². The molecule has 0 radical (unpaired) electrons. The summed E-state index contributed by atoms with van der Waals surface area (Å²) in [7, 11) is 0. The van der Waals surface area contributed by atoms with Crippen LogP contribution in [-0.4, -0.2) is 32.8 Å². The summed E-state index contributed by atoms with van der Waals surface area (Å²) in [6, 6.07) is 8.39. The van der Waals surface area contributed by atoms with Gasteiger partial charge in [0.1, 0.15) is 5.75 Å². The first kappa shape index (κ1) is 14.2. The van der Waals surface area contributed by atoms with Gasteiger partial charge in [0.05, 0.1) is 12.3 Å². The second kappa shape index (κ2) is 6.29. The lowest BCUT2D eigenvalue weighted by molar-refractivity contribution is 0.320. The summed E-state index contributed by atoms with van der Waals surface area (Å²) in [6.45, 7) is 11.8. The third-order valence-electron chi connectivity index (χ3n) is 3.51. The minimum atomic E-state index is 0.257. The summed E-state index contributed by atoms with van der Waals surface area (Å²) in [5, 5.41) is 3.46. The standard InChI is InChI=1S/C16H26N2O/c1-4-17-12-16(2,3)13-18-10-7-11-19-15-9-6-5-8-14(15)18/h5-6,8-9,17H,4,7,10-13H2,1-3H3. The van der Waals surface area contributed by atoms with Crippen LogP contribution < -0.4 is 15.0 Å². The van der Waals surface area contributed by atoms with E-state index in [0.29, 0.717) is 0 Å². The van der Waals surface area contributed by atoms with Gasteiger partial charge in [-0.15, -0.1) is 0 Å². The molecule has 19 heavy (non-hydrogen) atoms. The van der Waals surface area contributed by atoms with Crippen molar-refractivity contribution >= 4 is 5.69 Å². The highest BCUT2D eigenvalue weighted by Gasteiger charge is 2.24. The van der Waals surface area contributed by atoms with E-state index in [-0.39, 0.29) is 5.41 Å². The van der Waals surface area contributed by atoms with Crippen LogP contribution in [-0.2, 0) is 0 Å². The van der Waals surface area contributed by atoms with Crippen molar-refractivity contribution in [1.82, 2.24) is 5.32 Å². The maximum atomic E-state index is 5.82. The van der Waals surface area contributed by atoms with Crippen molar-refractivity contribution in [1.29, 1.82) is 0 Å². The quantitative estimate of drug-likeness (QED) is 0.883. The molecule has 2 rings (SSSR count). The van der Waals surface area contributed by atoms with Crippen LogP contribution in [0, 0.1) is 5.41 Å². The maximum Gasteiger partial charge on any atom is 0.142 e. The third-order valence-corrected chi connectivity index (χ3v) is 3.51. The molecule has 0 atom stereocenters. The molecule has 0 saturated carbocycles. The number of nitrogens with zero attached hydrogens (tertiary/aromatic N) is 1. The Labute approximate surface area is 116 Å². The number of para-hydroxylation sites is 2. The molecule has 1 aliphatic heterocycles. The van der Waals surface area contributed by atoms with Gasteiger partial charge in [0, 0.05) is 19.6 Å². The van der Waals surface area contributed by atoms with E-state index >= 15 is 0 Å². The predicted octanol–water partition coefficient (Wildman–Crippen LogP) is 2.91. The summed E-state index contributed by atoms with van der Waals surface area (Å²) in [6.07, 6.45) is 1.09. The zero-order valence-corrected chi connectivity index (χ0v) is 12.4. The first-order chi connectivity index (χ1) is 9.12. The van der Waals surface area contributed by atoms with E-state index in [4.69, 9.17) is 4.74 Å². The lowest BCUT2D eigenvalue weighted by atomic mass is 9.92. The SMILES string of the molecule is CCNCC(C)(C)CN1CCCOc2ccccc21. The van der Waals surface area contributed by atoms with Gasteiger partial charge in [-0.3, -0.25) is 0 Å².